The summed E-state index contributed by atoms with van der Waals surface area (Å²) in [6, 6.07) is 11.3. The Morgan fingerprint density at radius 3 is 2.90 bits per heavy atom. The van der Waals surface area contributed by atoms with E-state index in [0.717, 1.165) is 39.2 Å². The third kappa shape index (κ3) is 4.58. The molecule has 3 nitrogen and oxygen atoms in total. The molecule has 1 aromatic rings. The molecule has 1 N–H and O–H groups in total. The van der Waals surface area contributed by atoms with Crippen molar-refractivity contribution in [1.29, 1.82) is 0 Å². The van der Waals surface area contributed by atoms with E-state index in [0.29, 0.717) is 12.1 Å². The maximum atomic E-state index is 5.78. The summed E-state index contributed by atoms with van der Waals surface area (Å²) in [5, 5.41) is 3.58. The minimum absolute atomic E-state index is 0.329. The van der Waals surface area contributed by atoms with Gasteiger partial charge in [0, 0.05) is 32.3 Å². The Balaban J connectivity index is 2.08. The second-order valence-electron chi connectivity index (χ2n) is 5.66. The highest BCUT2D eigenvalue weighted by Gasteiger charge is 2.23. The molecule has 112 valence electrons. The van der Waals surface area contributed by atoms with Gasteiger partial charge in [0.15, 0.2) is 0 Å². The Hall–Kier alpha value is -0.900. The van der Waals surface area contributed by atoms with Crippen LogP contribution in [0.3, 0.4) is 0 Å². The van der Waals surface area contributed by atoms with Crippen molar-refractivity contribution < 1.29 is 4.74 Å². The summed E-state index contributed by atoms with van der Waals surface area (Å²) in [5.41, 5.74) is 1.41. The Morgan fingerprint density at radius 2 is 2.15 bits per heavy atom. The second kappa shape index (κ2) is 8.40. The lowest BCUT2D eigenvalue weighted by Gasteiger charge is -2.32. The summed E-state index contributed by atoms with van der Waals surface area (Å²) < 4.78 is 5.78. The van der Waals surface area contributed by atoms with Crippen LogP contribution in [0.25, 0.3) is 0 Å². The molecule has 0 spiro atoms. The van der Waals surface area contributed by atoms with Gasteiger partial charge in [-0.15, -0.1) is 0 Å². The zero-order chi connectivity index (χ0) is 14.2. The average molecular weight is 276 g/mol. The normalized spacial score (nSPS) is 22.4. The largest absolute Gasteiger partial charge is 0.377 e. The lowest BCUT2D eigenvalue weighted by atomic mass is 10.0. The van der Waals surface area contributed by atoms with Crippen molar-refractivity contribution >= 4 is 0 Å². The van der Waals surface area contributed by atoms with Crippen LogP contribution in [0, 0.1) is 0 Å². The van der Waals surface area contributed by atoms with E-state index in [9.17, 15) is 0 Å². The maximum absolute atomic E-state index is 5.78. The van der Waals surface area contributed by atoms with Crippen LogP contribution in [0.1, 0.15) is 38.3 Å². The molecule has 0 bridgehead atoms. The van der Waals surface area contributed by atoms with Gasteiger partial charge in [-0.1, -0.05) is 37.3 Å². The Labute approximate surface area is 123 Å². The third-order valence-corrected chi connectivity index (χ3v) is 3.87. The molecule has 1 aliphatic rings. The van der Waals surface area contributed by atoms with Gasteiger partial charge in [0.2, 0.25) is 0 Å². The summed E-state index contributed by atoms with van der Waals surface area (Å²) in [5.74, 6) is 0. The summed E-state index contributed by atoms with van der Waals surface area (Å²) in [6.07, 6.45) is 2.64. The molecule has 0 aromatic heterocycles. The number of benzene rings is 1. The lowest BCUT2D eigenvalue weighted by Crippen LogP contribution is -2.39. The molecule has 1 aliphatic heterocycles. The van der Waals surface area contributed by atoms with Gasteiger partial charge in [0.1, 0.15) is 0 Å². The Kier molecular flexibility index (Phi) is 6.51. The minimum atomic E-state index is 0.329. The first-order valence-corrected chi connectivity index (χ1v) is 7.92. The SMILES string of the molecule is CCCNCC(c1ccccc1)N1CCCOC(C)C1. The molecule has 0 aliphatic carbocycles. The van der Waals surface area contributed by atoms with Crippen molar-refractivity contribution in [1.82, 2.24) is 10.2 Å². The molecule has 1 heterocycles. The molecule has 2 atom stereocenters. The fourth-order valence-corrected chi connectivity index (χ4v) is 2.86. The van der Waals surface area contributed by atoms with E-state index in [-0.39, 0.29) is 0 Å². The fourth-order valence-electron chi connectivity index (χ4n) is 2.86. The molecule has 20 heavy (non-hydrogen) atoms. The van der Waals surface area contributed by atoms with Crippen LogP contribution in [-0.4, -0.2) is 43.8 Å². The van der Waals surface area contributed by atoms with Crippen LogP contribution in [0.15, 0.2) is 30.3 Å². The topological polar surface area (TPSA) is 24.5 Å². The standard InChI is InChI=1S/C17H28N2O/c1-3-10-18-13-17(16-8-5-4-6-9-16)19-11-7-12-20-15(2)14-19/h4-6,8-9,15,17-18H,3,7,10-14H2,1-2H3. The first-order valence-electron chi connectivity index (χ1n) is 7.92. The average Bonchev–Trinajstić information content (AvgIpc) is 2.69. The zero-order valence-electron chi connectivity index (χ0n) is 12.8. The van der Waals surface area contributed by atoms with Crippen molar-refractivity contribution in [2.45, 2.75) is 38.8 Å². The second-order valence-corrected chi connectivity index (χ2v) is 5.66. The number of hydrogen-bond acceptors (Lipinski definition) is 3. The van der Waals surface area contributed by atoms with E-state index >= 15 is 0 Å². The van der Waals surface area contributed by atoms with Gasteiger partial charge < -0.3 is 10.1 Å². The molecule has 1 aromatic carbocycles. The molecule has 1 fully saturated rings. The van der Waals surface area contributed by atoms with E-state index in [1.807, 2.05) is 0 Å². The summed E-state index contributed by atoms with van der Waals surface area (Å²) in [7, 11) is 0. The van der Waals surface area contributed by atoms with Gasteiger partial charge in [-0.05, 0) is 31.9 Å². The number of rotatable bonds is 6. The third-order valence-electron chi connectivity index (χ3n) is 3.87. The molecule has 2 rings (SSSR count). The molecule has 0 amide bonds. The van der Waals surface area contributed by atoms with E-state index in [1.54, 1.807) is 0 Å². The number of ether oxygens (including phenoxy) is 1. The van der Waals surface area contributed by atoms with Crippen molar-refractivity contribution in [2.75, 3.05) is 32.8 Å². The first kappa shape index (κ1) is 15.5. The molecule has 1 saturated heterocycles. The smallest absolute Gasteiger partial charge is 0.0674 e. The van der Waals surface area contributed by atoms with Crippen molar-refractivity contribution in [2.24, 2.45) is 0 Å². The molecule has 0 radical (unpaired) electrons. The van der Waals surface area contributed by atoms with Gasteiger partial charge in [-0.2, -0.15) is 0 Å². The predicted molar refractivity (Wildman–Crippen MR) is 83.9 cm³/mol. The highest BCUT2D eigenvalue weighted by atomic mass is 16.5. The minimum Gasteiger partial charge on any atom is -0.377 e. The first-order chi connectivity index (χ1) is 9.81. The highest BCUT2D eigenvalue weighted by molar-refractivity contribution is 5.19. The van der Waals surface area contributed by atoms with Gasteiger partial charge in [0.05, 0.1) is 6.10 Å². The predicted octanol–water partition coefficient (Wildman–Crippen LogP) is 2.84. The lowest BCUT2D eigenvalue weighted by molar-refractivity contribution is 0.0604. The molecule has 2 unspecified atom stereocenters. The van der Waals surface area contributed by atoms with Crippen LogP contribution in [0.2, 0.25) is 0 Å². The van der Waals surface area contributed by atoms with Crippen molar-refractivity contribution in [3.05, 3.63) is 35.9 Å². The Morgan fingerprint density at radius 1 is 1.35 bits per heavy atom. The summed E-state index contributed by atoms with van der Waals surface area (Å²) >= 11 is 0. The van der Waals surface area contributed by atoms with E-state index < -0.39 is 0 Å². The zero-order valence-corrected chi connectivity index (χ0v) is 12.8. The number of nitrogens with one attached hydrogen (secondary N) is 1. The highest BCUT2D eigenvalue weighted by Crippen LogP contribution is 2.22. The monoisotopic (exact) mass is 276 g/mol. The van der Waals surface area contributed by atoms with Gasteiger partial charge >= 0.3 is 0 Å². The van der Waals surface area contributed by atoms with Gasteiger partial charge in [0.25, 0.3) is 0 Å². The summed E-state index contributed by atoms with van der Waals surface area (Å²) in [6.45, 7) is 9.53. The van der Waals surface area contributed by atoms with Crippen LogP contribution >= 0.6 is 0 Å². The Bertz CT molecular complexity index is 369. The number of hydrogen-bond donors (Lipinski definition) is 1. The summed E-state index contributed by atoms with van der Waals surface area (Å²) in [4.78, 5) is 2.58. The van der Waals surface area contributed by atoms with Crippen LogP contribution in [-0.2, 0) is 4.74 Å². The van der Waals surface area contributed by atoms with Crippen molar-refractivity contribution in [3.8, 4) is 0 Å². The maximum Gasteiger partial charge on any atom is 0.0674 e. The van der Waals surface area contributed by atoms with E-state index in [1.165, 1.54) is 12.0 Å². The van der Waals surface area contributed by atoms with Gasteiger partial charge in [-0.25, -0.2) is 0 Å². The van der Waals surface area contributed by atoms with E-state index in [2.05, 4.69) is 54.4 Å². The molecular weight excluding hydrogens is 248 g/mol. The quantitative estimate of drug-likeness (QED) is 0.809. The van der Waals surface area contributed by atoms with Crippen molar-refractivity contribution in [3.63, 3.8) is 0 Å². The van der Waals surface area contributed by atoms with E-state index in [4.69, 9.17) is 4.74 Å². The number of nitrogens with zero attached hydrogens (tertiary/aromatic N) is 1. The van der Waals surface area contributed by atoms with Gasteiger partial charge in [-0.3, -0.25) is 4.90 Å². The fraction of sp³-hybridized carbons (Fsp3) is 0.647. The van der Waals surface area contributed by atoms with Crippen LogP contribution in [0.4, 0.5) is 0 Å². The molecule has 3 heteroatoms. The molecular formula is C17H28N2O. The molecule has 0 saturated carbocycles. The van der Waals surface area contributed by atoms with Crippen LogP contribution < -0.4 is 5.32 Å². The van der Waals surface area contributed by atoms with Crippen LogP contribution in [0.5, 0.6) is 0 Å².